The predicted molar refractivity (Wildman–Crippen MR) is 58.0 cm³/mol. The normalized spacial score (nSPS) is 11.5. The first-order valence-electron chi connectivity index (χ1n) is 3.69. The molecule has 0 aliphatic heterocycles. The highest BCUT2D eigenvalue weighted by Gasteiger charge is 2.26. The quantitative estimate of drug-likeness (QED) is 0.633. The van der Waals surface area contributed by atoms with Crippen molar-refractivity contribution in [3.63, 3.8) is 0 Å². The van der Waals surface area contributed by atoms with Crippen molar-refractivity contribution in [2.24, 2.45) is 5.14 Å². The third-order valence-electron chi connectivity index (χ3n) is 1.58. The average molecular weight is 359 g/mol. The fourth-order valence-corrected chi connectivity index (χ4v) is 2.46. The highest BCUT2D eigenvalue weighted by atomic mass is 127. The number of sulfonamides is 1. The minimum atomic E-state index is -4.41. The van der Waals surface area contributed by atoms with Crippen molar-refractivity contribution >= 4 is 32.6 Å². The van der Waals surface area contributed by atoms with Gasteiger partial charge in [0.05, 0.1) is 5.56 Å². The van der Waals surface area contributed by atoms with Gasteiger partial charge in [-0.2, -0.15) is 5.26 Å². The lowest BCUT2D eigenvalue weighted by Gasteiger charge is -2.08. The molecule has 1 heterocycles. The lowest BCUT2D eigenvalue weighted by molar-refractivity contribution is 0.142. The van der Waals surface area contributed by atoms with Crippen molar-refractivity contribution < 1.29 is 17.2 Å². The molecule has 0 saturated heterocycles. The highest BCUT2D eigenvalue weighted by molar-refractivity contribution is 14.1. The largest absolute Gasteiger partial charge is 0.281 e. The molecule has 0 bridgehead atoms. The van der Waals surface area contributed by atoms with Crippen LogP contribution in [0.3, 0.4) is 0 Å². The van der Waals surface area contributed by atoms with Gasteiger partial charge in [0, 0.05) is 0 Å². The van der Waals surface area contributed by atoms with Crippen LogP contribution in [0.2, 0.25) is 0 Å². The van der Waals surface area contributed by atoms with Gasteiger partial charge in [0.1, 0.15) is 20.4 Å². The van der Waals surface area contributed by atoms with Crippen LogP contribution in [0.1, 0.15) is 17.7 Å². The Morgan fingerprint density at radius 1 is 1.56 bits per heavy atom. The molecule has 0 fully saturated rings. The number of nitriles is 1. The van der Waals surface area contributed by atoms with E-state index in [1.165, 1.54) is 6.07 Å². The summed E-state index contributed by atoms with van der Waals surface area (Å²) < 4.78 is 47.4. The molecule has 0 aromatic carbocycles. The standard InChI is InChI=1S/C7H4F2IN3O2S/c8-7(9)5-6(16(12,14)15)3(2-11)1-4(10)13-5/h1,7H,(H2,12,14,15). The van der Waals surface area contributed by atoms with Gasteiger partial charge in [-0.15, -0.1) is 0 Å². The molecule has 0 amide bonds. The summed E-state index contributed by atoms with van der Waals surface area (Å²) in [5, 5.41) is 13.4. The molecule has 16 heavy (non-hydrogen) atoms. The maximum absolute atomic E-state index is 12.6. The minimum Gasteiger partial charge on any atom is -0.239 e. The Morgan fingerprint density at radius 3 is 2.50 bits per heavy atom. The Bertz CT molecular complexity index is 568. The predicted octanol–water partition coefficient (Wildman–Crippen LogP) is 1.14. The number of halogens is 3. The number of nitrogens with zero attached hydrogens (tertiary/aromatic N) is 2. The van der Waals surface area contributed by atoms with Crippen molar-refractivity contribution in [2.45, 2.75) is 11.3 Å². The zero-order chi connectivity index (χ0) is 12.5. The van der Waals surface area contributed by atoms with E-state index >= 15 is 0 Å². The summed E-state index contributed by atoms with van der Waals surface area (Å²) in [6.07, 6.45) is -3.12. The SMILES string of the molecule is N#Cc1cc(I)nc(C(F)F)c1S(N)(=O)=O. The minimum absolute atomic E-state index is 0.0943. The molecule has 0 unspecified atom stereocenters. The molecule has 1 aromatic rings. The molecule has 0 saturated carbocycles. The molecule has 9 heteroatoms. The second-order valence-electron chi connectivity index (χ2n) is 2.66. The summed E-state index contributed by atoms with van der Waals surface area (Å²) in [6, 6.07) is 2.58. The number of hydrogen-bond acceptors (Lipinski definition) is 4. The number of pyridine rings is 1. The molecule has 0 radical (unpaired) electrons. The van der Waals surface area contributed by atoms with Crippen molar-refractivity contribution in [1.82, 2.24) is 4.98 Å². The van der Waals surface area contributed by atoms with Crippen molar-refractivity contribution in [3.8, 4) is 6.07 Å². The summed E-state index contributed by atoms with van der Waals surface area (Å²) in [4.78, 5) is 2.46. The first-order chi connectivity index (χ1) is 7.27. The molecule has 1 aromatic heterocycles. The summed E-state index contributed by atoms with van der Waals surface area (Å²) in [7, 11) is -4.41. The maximum Gasteiger partial charge on any atom is 0.281 e. The number of aromatic nitrogens is 1. The van der Waals surface area contributed by atoms with Gasteiger partial charge in [-0.3, -0.25) is 0 Å². The molecular formula is C7H4F2IN3O2S. The van der Waals surface area contributed by atoms with E-state index in [1.807, 2.05) is 0 Å². The third-order valence-corrected chi connectivity index (χ3v) is 3.13. The van der Waals surface area contributed by atoms with Crippen LogP contribution in [0.4, 0.5) is 8.78 Å². The van der Waals surface area contributed by atoms with Crippen LogP contribution in [0.5, 0.6) is 0 Å². The van der Waals surface area contributed by atoms with Crippen LogP contribution >= 0.6 is 22.6 Å². The Labute approximate surface area is 103 Å². The van der Waals surface area contributed by atoms with Gasteiger partial charge in [-0.1, -0.05) is 0 Å². The highest BCUT2D eigenvalue weighted by Crippen LogP contribution is 2.27. The lowest BCUT2D eigenvalue weighted by Crippen LogP contribution is -2.18. The van der Waals surface area contributed by atoms with E-state index in [2.05, 4.69) is 4.98 Å². The van der Waals surface area contributed by atoms with Crippen molar-refractivity contribution in [2.75, 3.05) is 0 Å². The zero-order valence-corrected chi connectivity index (χ0v) is 10.5. The Kier molecular flexibility index (Phi) is 3.76. The van der Waals surface area contributed by atoms with E-state index in [0.717, 1.165) is 6.07 Å². The molecule has 1 rings (SSSR count). The Morgan fingerprint density at radius 2 is 2.12 bits per heavy atom. The van der Waals surface area contributed by atoms with Crippen LogP contribution in [0.25, 0.3) is 0 Å². The second kappa shape index (κ2) is 4.56. The van der Waals surface area contributed by atoms with E-state index in [9.17, 15) is 17.2 Å². The third kappa shape index (κ3) is 2.63. The Hall–Kier alpha value is -0.860. The molecule has 0 aliphatic carbocycles. The van der Waals surface area contributed by atoms with Crippen LogP contribution in [0, 0.1) is 15.0 Å². The Balaban J connectivity index is 3.74. The molecule has 0 aliphatic rings. The molecular weight excluding hydrogens is 355 g/mol. The zero-order valence-electron chi connectivity index (χ0n) is 7.49. The van der Waals surface area contributed by atoms with Crippen LogP contribution in [-0.4, -0.2) is 13.4 Å². The number of nitrogens with two attached hydrogens (primary N) is 1. The van der Waals surface area contributed by atoms with Gasteiger partial charge in [-0.25, -0.2) is 27.3 Å². The summed E-state index contributed by atoms with van der Waals surface area (Å²) in [6.45, 7) is 0. The topological polar surface area (TPSA) is 96.8 Å². The van der Waals surface area contributed by atoms with Gasteiger partial charge in [0.15, 0.2) is 0 Å². The van der Waals surface area contributed by atoms with E-state index in [1.54, 1.807) is 22.6 Å². The summed E-state index contributed by atoms with van der Waals surface area (Å²) >= 11 is 1.60. The summed E-state index contributed by atoms with van der Waals surface area (Å²) in [5.74, 6) is 0. The van der Waals surface area contributed by atoms with Crippen molar-refractivity contribution in [1.29, 1.82) is 5.26 Å². The first kappa shape index (κ1) is 13.2. The summed E-state index contributed by atoms with van der Waals surface area (Å²) in [5.41, 5.74) is -1.43. The molecule has 0 atom stereocenters. The number of alkyl halides is 2. The van der Waals surface area contributed by atoms with E-state index < -0.39 is 32.6 Å². The molecule has 86 valence electrons. The van der Waals surface area contributed by atoms with Crippen LogP contribution in [-0.2, 0) is 10.0 Å². The average Bonchev–Trinajstić information content (AvgIpc) is 2.14. The smallest absolute Gasteiger partial charge is 0.239 e. The fraction of sp³-hybridized carbons (Fsp3) is 0.143. The number of primary sulfonamides is 1. The first-order valence-corrected chi connectivity index (χ1v) is 6.31. The van der Waals surface area contributed by atoms with E-state index in [0.29, 0.717) is 0 Å². The fourth-order valence-electron chi connectivity index (χ4n) is 1.05. The molecule has 0 spiro atoms. The van der Waals surface area contributed by atoms with Crippen LogP contribution in [0.15, 0.2) is 11.0 Å². The van der Waals surface area contributed by atoms with Gasteiger partial charge in [0.2, 0.25) is 10.0 Å². The lowest BCUT2D eigenvalue weighted by atomic mass is 10.2. The van der Waals surface area contributed by atoms with E-state index in [4.69, 9.17) is 10.4 Å². The van der Waals surface area contributed by atoms with Gasteiger partial charge in [-0.05, 0) is 28.7 Å². The number of hydrogen-bond donors (Lipinski definition) is 1. The maximum atomic E-state index is 12.6. The monoisotopic (exact) mass is 359 g/mol. The molecule has 5 nitrogen and oxygen atoms in total. The second-order valence-corrected chi connectivity index (χ2v) is 5.27. The van der Waals surface area contributed by atoms with E-state index in [-0.39, 0.29) is 3.70 Å². The molecule has 2 N–H and O–H groups in total. The van der Waals surface area contributed by atoms with Gasteiger partial charge < -0.3 is 0 Å². The van der Waals surface area contributed by atoms with Crippen molar-refractivity contribution in [3.05, 3.63) is 21.0 Å². The number of rotatable bonds is 2. The van der Waals surface area contributed by atoms with Gasteiger partial charge >= 0.3 is 0 Å². The van der Waals surface area contributed by atoms with Crippen LogP contribution < -0.4 is 5.14 Å². The van der Waals surface area contributed by atoms with Gasteiger partial charge in [0.25, 0.3) is 6.43 Å².